The first-order valence-corrected chi connectivity index (χ1v) is 15.2. The molecule has 2 unspecified atom stereocenters. The van der Waals surface area contributed by atoms with E-state index in [2.05, 4.69) is 67.1 Å². The minimum Gasteiger partial charge on any atom is -0.359 e. The average Bonchev–Trinajstić information content (AvgIpc) is 3.43. The van der Waals surface area contributed by atoms with Gasteiger partial charge < -0.3 is 9.64 Å². The van der Waals surface area contributed by atoms with Gasteiger partial charge in [0.25, 0.3) is 0 Å². The third-order valence-corrected chi connectivity index (χ3v) is 11.3. The Morgan fingerprint density at radius 3 is 2.73 bits per heavy atom. The van der Waals surface area contributed by atoms with Crippen LogP contribution in [0.1, 0.15) is 96.5 Å². The van der Waals surface area contributed by atoms with Crippen LogP contribution in [0.25, 0.3) is 10.8 Å². The van der Waals surface area contributed by atoms with Crippen molar-refractivity contribution in [3.63, 3.8) is 0 Å². The van der Waals surface area contributed by atoms with E-state index in [9.17, 15) is 0 Å². The Labute approximate surface area is 223 Å². The zero-order valence-electron chi connectivity index (χ0n) is 23.1. The summed E-state index contributed by atoms with van der Waals surface area (Å²) in [6.45, 7) is 9.71. The number of fused-ring (bicyclic) bond motifs is 2. The van der Waals surface area contributed by atoms with Gasteiger partial charge in [-0.1, -0.05) is 45.1 Å². The van der Waals surface area contributed by atoms with Crippen molar-refractivity contribution in [1.82, 2.24) is 9.88 Å². The predicted octanol–water partition coefficient (Wildman–Crippen LogP) is 7.97. The van der Waals surface area contributed by atoms with Crippen molar-refractivity contribution in [3.8, 4) is 0 Å². The molecule has 7 rings (SSSR count). The van der Waals surface area contributed by atoms with Crippen LogP contribution in [0.3, 0.4) is 0 Å². The molecule has 196 valence electrons. The summed E-state index contributed by atoms with van der Waals surface area (Å²) in [4.78, 5) is 7.19. The molecular formula is C34H44N2O. The second-order valence-electron chi connectivity index (χ2n) is 13.1. The molecule has 3 heterocycles. The van der Waals surface area contributed by atoms with E-state index in [4.69, 9.17) is 4.74 Å². The summed E-state index contributed by atoms with van der Waals surface area (Å²) in [5.74, 6) is 1.19. The van der Waals surface area contributed by atoms with Crippen LogP contribution < -0.4 is 0 Å². The SMILES string of the molecule is CCCN(CCC)[C@@H]1CCC2=CC3=CC[C@]4(C)C(c5ccc6ccncc6c5)CC[C@H]4[C@@]34CCC2(C1)O4. The molecule has 0 amide bonds. The maximum atomic E-state index is 7.58. The monoisotopic (exact) mass is 496 g/mol. The van der Waals surface area contributed by atoms with Crippen LogP contribution in [0.4, 0.5) is 0 Å². The van der Waals surface area contributed by atoms with Gasteiger partial charge in [0, 0.05) is 23.8 Å². The fraction of sp³-hybridized carbons (Fsp3) is 0.618. The molecule has 37 heavy (non-hydrogen) atoms. The molecule has 6 atom stereocenters. The molecule has 3 fully saturated rings. The highest BCUT2D eigenvalue weighted by Gasteiger charge is 2.66. The molecule has 2 aromatic rings. The van der Waals surface area contributed by atoms with Gasteiger partial charge in [0.2, 0.25) is 0 Å². The number of nitrogens with zero attached hydrogens (tertiary/aromatic N) is 2. The standard InChI is InChI=1S/C34H44N2O/c1-4-18-36(19-5-2)29-9-8-27-21-28-12-14-32(3)30(25-7-6-24-13-17-35-23-26(24)20-25)10-11-31(32)34(28)16-15-33(27,22-29)37-34/h6-7,12-13,17,20-21,23,29-31H,4-5,8-11,14-16,18-19,22H2,1-3H3/t29-,30?,31-,32-,33?,34-/m1/s1. The van der Waals surface area contributed by atoms with Crippen molar-refractivity contribution >= 4 is 10.8 Å². The summed E-state index contributed by atoms with van der Waals surface area (Å²) in [5.41, 5.74) is 4.85. The number of ether oxygens (including phenoxy) is 1. The van der Waals surface area contributed by atoms with Crippen molar-refractivity contribution < 1.29 is 4.74 Å². The fourth-order valence-electron chi connectivity index (χ4n) is 9.61. The van der Waals surface area contributed by atoms with Crippen LogP contribution in [0.2, 0.25) is 0 Å². The van der Waals surface area contributed by atoms with E-state index in [-0.39, 0.29) is 16.6 Å². The number of rotatable bonds is 6. The highest BCUT2D eigenvalue weighted by molar-refractivity contribution is 5.82. The van der Waals surface area contributed by atoms with Crippen molar-refractivity contribution in [3.05, 3.63) is 65.5 Å². The van der Waals surface area contributed by atoms with E-state index < -0.39 is 0 Å². The lowest BCUT2D eigenvalue weighted by atomic mass is 9.58. The Kier molecular flexibility index (Phi) is 5.72. The Balaban J connectivity index is 1.21. The summed E-state index contributed by atoms with van der Waals surface area (Å²) >= 11 is 0. The maximum absolute atomic E-state index is 7.58. The molecule has 2 bridgehead atoms. The molecule has 3 heteroatoms. The van der Waals surface area contributed by atoms with Gasteiger partial charge in [0.05, 0.1) is 11.2 Å². The number of hydrogen-bond donors (Lipinski definition) is 0. The van der Waals surface area contributed by atoms with Gasteiger partial charge in [-0.25, -0.2) is 0 Å². The van der Waals surface area contributed by atoms with Crippen molar-refractivity contribution in [1.29, 1.82) is 0 Å². The predicted molar refractivity (Wildman–Crippen MR) is 152 cm³/mol. The zero-order chi connectivity index (χ0) is 25.3. The van der Waals surface area contributed by atoms with Gasteiger partial charge in [0.15, 0.2) is 0 Å². The van der Waals surface area contributed by atoms with Gasteiger partial charge in [-0.05, 0) is 129 Å². The highest BCUT2D eigenvalue weighted by Crippen LogP contribution is 2.69. The lowest BCUT2D eigenvalue weighted by molar-refractivity contribution is -0.141. The van der Waals surface area contributed by atoms with Crippen LogP contribution in [0.15, 0.2) is 60.0 Å². The van der Waals surface area contributed by atoms with E-state index in [1.807, 2.05) is 12.4 Å². The first kappa shape index (κ1) is 24.1. The molecule has 1 aromatic carbocycles. The van der Waals surface area contributed by atoms with Gasteiger partial charge in [-0.15, -0.1) is 0 Å². The van der Waals surface area contributed by atoms with Gasteiger partial charge in [-0.3, -0.25) is 4.98 Å². The van der Waals surface area contributed by atoms with Crippen LogP contribution in [0, 0.1) is 11.3 Å². The summed E-state index contributed by atoms with van der Waals surface area (Å²) in [5, 5.41) is 2.57. The lowest BCUT2D eigenvalue weighted by Gasteiger charge is -2.55. The number of allylic oxidation sites excluding steroid dienone is 1. The first-order chi connectivity index (χ1) is 18.0. The summed E-state index contributed by atoms with van der Waals surface area (Å²) < 4.78 is 7.58. The Morgan fingerprint density at radius 2 is 1.89 bits per heavy atom. The fourth-order valence-corrected chi connectivity index (χ4v) is 9.61. The summed E-state index contributed by atoms with van der Waals surface area (Å²) in [6, 6.07) is 9.94. The number of aromatic nitrogens is 1. The molecule has 1 aromatic heterocycles. The molecule has 3 aliphatic carbocycles. The quantitative estimate of drug-likeness (QED) is 0.405. The zero-order valence-corrected chi connectivity index (χ0v) is 23.1. The number of hydrogen-bond acceptors (Lipinski definition) is 3. The molecule has 0 N–H and O–H groups in total. The number of pyridine rings is 1. The Bertz CT molecular complexity index is 1260. The summed E-state index contributed by atoms with van der Waals surface area (Å²) in [7, 11) is 0. The molecule has 1 saturated heterocycles. The van der Waals surface area contributed by atoms with E-state index in [1.165, 1.54) is 93.6 Å². The molecule has 0 radical (unpaired) electrons. The maximum Gasteiger partial charge on any atom is 0.0974 e. The second-order valence-corrected chi connectivity index (χ2v) is 13.1. The molecule has 2 spiro atoms. The smallest absolute Gasteiger partial charge is 0.0974 e. The second kappa shape index (κ2) is 8.78. The highest BCUT2D eigenvalue weighted by atomic mass is 16.5. The average molecular weight is 497 g/mol. The van der Waals surface area contributed by atoms with Gasteiger partial charge >= 0.3 is 0 Å². The van der Waals surface area contributed by atoms with Crippen molar-refractivity contribution in [2.45, 2.75) is 108 Å². The van der Waals surface area contributed by atoms with E-state index in [1.54, 1.807) is 11.1 Å². The Hall–Kier alpha value is -1.97. The molecule has 2 saturated carbocycles. The van der Waals surface area contributed by atoms with E-state index in [0.717, 1.165) is 0 Å². The Morgan fingerprint density at radius 1 is 1.03 bits per heavy atom. The molecular weight excluding hydrogens is 452 g/mol. The molecule has 2 aliphatic heterocycles. The normalized spacial score (nSPS) is 38.2. The van der Waals surface area contributed by atoms with E-state index in [0.29, 0.717) is 17.9 Å². The third kappa shape index (κ3) is 3.49. The lowest BCUT2D eigenvalue weighted by Crippen LogP contribution is -2.55. The first-order valence-electron chi connectivity index (χ1n) is 15.2. The minimum atomic E-state index is -0.0636. The van der Waals surface area contributed by atoms with Crippen LogP contribution in [-0.4, -0.2) is 40.2 Å². The van der Waals surface area contributed by atoms with Crippen molar-refractivity contribution in [2.24, 2.45) is 11.3 Å². The number of benzene rings is 1. The minimum absolute atomic E-state index is 0.00898. The molecule has 5 aliphatic rings. The van der Waals surface area contributed by atoms with E-state index >= 15 is 0 Å². The van der Waals surface area contributed by atoms with Crippen LogP contribution in [0.5, 0.6) is 0 Å². The largest absolute Gasteiger partial charge is 0.359 e. The topological polar surface area (TPSA) is 25.4 Å². The third-order valence-electron chi connectivity index (χ3n) is 11.3. The van der Waals surface area contributed by atoms with Gasteiger partial charge in [0.1, 0.15) is 0 Å². The summed E-state index contributed by atoms with van der Waals surface area (Å²) in [6.07, 6.45) is 21.6. The van der Waals surface area contributed by atoms with Crippen LogP contribution in [-0.2, 0) is 4.74 Å². The van der Waals surface area contributed by atoms with Crippen molar-refractivity contribution in [2.75, 3.05) is 13.1 Å². The van der Waals surface area contributed by atoms with Crippen LogP contribution >= 0.6 is 0 Å². The van der Waals surface area contributed by atoms with Gasteiger partial charge in [-0.2, -0.15) is 0 Å². The molecule has 3 nitrogen and oxygen atoms in total.